The Balaban J connectivity index is 1.21. The van der Waals surface area contributed by atoms with E-state index in [-0.39, 0.29) is 11.5 Å². The van der Waals surface area contributed by atoms with E-state index in [0.29, 0.717) is 17.1 Å². The molecule has 4 aromatic rings. The van der Waals surface area contributed by atoms with Gasteiger partial charge in [-0.1, -0.05) is 12.1 Å². The first-order chi connectivity index (χ1) is 19.5. The van der Waals surface area contributed by atoms with Crippen molar-refractivity contribution in [3.05, 3.63) is 70.9 Å². The third kappa shape index (κ3) is 5.78. The zero-order valence-corrected chi connectivity index (χ0v) is 22.8. The van der Waals surface area contributed by atoms with Crippen LogP contribution in [0, 0.1) is 0 Å². The number of ether oxygens (including phenoxy) is 1. The van der Waals surface area contributed by atoms with E-state index in [2.05, 4.69) is 32.4 Å². The molecule has 3 aromatic heterocycles. The quantitative estimate of drug-likeness (QED) is 0.368. The van der Waals surface area contributed by atoms with E-state index < -0.39 is 0 Å². The fraction of sp³-hybridized carbons (Fsp3) is 0.400. The van der Waals surface area contributed by atoms with Crippen molar-refractivity contribution >= 4 is 28.2 Å². The molecular weight excluding hydrogens is 506 g/mol. The van der Waals surface area contributed by atoms with Crippen LogP contribution in [0.1, 0.15) is 31.2 Å². The second-order valence-electron chi connectivity index (χ2n) is 10.6. The summed E-state index contributed by atoms with van der Waals surface area (Å²) < 4.78 is 7.39. The molecule has 0 saturated carbocycles. The molecule has 2 saturated heterocycles. The number of carbonyl (C=O) groups excluding carboxylic acids is 1. The van der Waals surface area contributed by atoms with Gasteiger partial charge in [0.2, 0.25) is 5.91 Å². The molecule has 10 nitrogen and oxygen atoms in total. The van der Waals surface area contributed by atoms with E-state index in [1.807, 2.05) is 46.2 Å². The maximum absolute atomic E-state index is 12.8. The number of anilines is 2. The number of morpholine rings is 1. The van der Waals surface area contributed by atoms with Crippen LogP contribution >= 0.6 is 0 Å². The number of amides is 1. The van der Waals surface area contributed by atoms with Gasteiger partial charge in [-0.2, -0.15) is 5.10 Å². The van der Waals surface area contributed by atoms with Crippen LogP contribution < -0.4 is 10.9 Å². The van der Waals surface area contributed by atoms with Gasteiger partial charge in [0.15, 0.2) is 0 Å². The number of nitrogens with zero attached hydrogens (tertiary/aromatic N) is 5. The van der Waals surface area contributed by atoms with Gasteiger partial charge in [0.25, 0.3) is 5.56 Å². The maximum Gasteiger partial charge on any atom is 0.259 e. The Bertz CT molecular complexity index is 1530. The average molecular weight is 542 g/mol. The number of aromatic nitrogens is 4. The normalized spacial score (nSPS) is 16.9. The van der Waals surface area contributed by atoms with Gasteiger partial charge < -0.3 is 19.9 Å². The topological polar surface area (TPSA) is 108 Å². The minimum Gasteiger partial charge on any atom is -0.379 e. The third-order valence-electron chi connectivity index (χ3n) is 8.02. The van der Waals surface area contributed by atoms with Gasteiger partial charge >= 0.3 is 0 Å². The number of likely N-dealkylation sites (tertiary alicyclic amines) is 1. The summed E-state index contributed by atoms with van der Waals surface area (Å²) in [5.74, 6) is 1.10. The summed E-state index contributed by atoms with van der Waals surface area (Å²) in [4.78, 5) is 36.4. The molecule has 0 atom stereocenters. The van der Waals surface area contributed by atoms with Crippen molar-refractivity contribution in [1.82, 2.24) is 29.5 Å². The molecule has 0 spiro atoms. The van der Waals surface area contributed by atoms with Crippen LogP contribution in [0.2, 0.25) is 0 Å². The lowest BCUT2D eigenvalue weighted by atomic mass is 9.89. The van der Waals surface area contributed by atoms with Crippen LogP contribution in [0.5, 0.6) is 0 Å². The van der Waals surface area contributed by atoms with Crippen molar-refractivity contribution < 1.29 is 9.53 Å². The second-order valence-corrected chi connectivity index (χ2v) is 10.6. The molecule has 6 rings (SSSR count). The van der Waals surface area contributed by atoms with Gasteiger partial charge in [-0.15, -0.1) is 0 Å². The monoisotopic (exact) mass is 541 g/mol. The van der Waals surface area contributed by atoms with E-state index in [9.17, 15) is 9.59 Å². The Kier molecular flexibility index (Phi) is 7.61. The fourth-order valence-electron chi connectivity index (χ4n) is 5.64. The molecule has 1 aromatic carbocycles. The van der Waals surface area contributed by atoms with E-state index >= 15 is 0 Å². The van der Waals surface area contributed by atoms with E-state index in [1.54, 1.807) is 13.1 Å². The Labute approximate surface area is 233 Å². The highest BCUT2D eigenvalue weighted by molar-refractivity contribution is 5.95. The summed E-state index contributed by atoms with van der Waals surface area (Å²) in [6.45, 7) is 8.41. The first kappa shape index (κ1) is 26.2. The number of H-pyrrole nitrogens is 1. The lowest BCUT2D eigenvalue weighted by molar-refractivity contribution is -0.129. The summed E-state index contributed by atoms with van der Waals surface area (Å²) in [7, 11) is 0. The SMILES string of the molecule is CC(=O)N1CCC(c2ccc(Nc3nc(-c4cnn(CCN5CCOCC5)c4)cc4cc[nH]c(=O)c34)cc2)CC1. The molecule has 2 aliphatic rings. The second kappa shape index (κ2) is 11.6. The number of benzene rings is 1. The number of fused-ring (bicyclic) bond motifs is 1. The minimum atomic E-state index is -0.186. The predicted molar refractivity (Wildman–Crippen MR) is 155 cm³/mol. The third-order valence-corrected chi connectivity index (χ3v) is 8.02. The zero-order valence-electron chi connectivity index (χ0n) is 22.8. The molecule has 0 unspecified atom stereocenters. The summed E-state index contributed by atoms with van der Waals surface area (Å²) in [6.07, 6.45) is 7.44. The summed E-state index contributed by atoms with van der Waals surface area (Å²) in [5, 5.41) is 9.29. The number of rotatable bonds is 7. The lowest BCUT2D eigenvalue weighted by Gasteiger charge is -2.31. The van der Waals surface area contributed by atoms with Gasteiger partial charge in [-0.3, -0.25) is 19.2 Å². The molecule has 0 aliphatic carbocycles. The van der Waals surface area contributed by atoms with Gasteiger partial charge in [0.1, 0.15) is 5.82 Å². The van der Waals surface area contributed by atoms with Gasteiger partial charge in [0, 0.05) is 63.3 Å². The molecule has 0 bridgehead atoms. The van der Waals surface area contributed by atoms with Crippen molar-refractivity contribution in [1.29, 1.82) is 0 Å². The first-order valence-corrected chi connectivity index (χ1v) is 14.0. The molecular formula is C30H35N7O3. The number of pyridine rings is 2. The summed E-state index contributed by atoms with van der Waals surface area (Å²) in [5.41, 5.74) is 3.60. The molecule has 2 N–H and O–H groups in total. The van der Waals surface area contributed by atoms with Crippen molar-refractivity contribution in [2.45, 2.75) is 32.2 Å². The largest absolute Gasteiger partial charge is 0.379 e. The number of nitrogens with one attached hydrogen (secondary N) is 2. The summed E-state index contributed by atoms with van der Waals surface area (Å²) in [6, 6.07) is 12.2. The molecule has 40 heavy (non-hydrogen) atoms. The number of aromatic amines is 1. The molecule has 2 fully saturated rings. The van der Waals surface area contributed by atoms with E-state index in [1.165, 1.54) is 5.56 Å². The van der Waals surface area contributed by atoms with Crippen LogP contribution in [-0.2, 0) is 16.1 Å². The molecule has 2 aliphatic heterocycles. The molecule has 1 amide bonds. The maximum atomic E-state index is 12.8. The molecule has 208 valence electrons. The van der Waals surface area contributed by atoms with Crippen LogP contribution in [-0.4, -0.2) is 81.4 Å². The minimum absolute atomic E-state index is 0.148. The van der Waals surface area contributed by atoms with Crippen LogP contribution in [0.15, 0.2) is 59.8 Å². The molecule has 5 heterocycles. The van der Waals surface area contributed by atoms with Crippen LogP contribution in [0.4, 0.5) is 11.5 Å². The van der Waals surface area contributed by atoms with Crippen molar-refractivity contribution in [2.24, 2.45) is 0 Å². The number of hydrogen-bond acceptors (Lipinski definition) is 7. The first-order valence-electron chi connectivity index (χ1n) is 14.0. The lowest BCUT2D eigenvalue weighted by Crippen LogP contribution is -2.38. The number of carbonyl (C=O) groups is 1. The molecule has 0 radical (unpaired) electrons. The van der Waals surface area contributed by atoms with Gasteiger partial charge in [-0.05, 0) is 54.0 Å². The molecule has 10 heteroatoms. The van der Waals surface area contributed by atoms with Crippen molar-refractivity contribution in [3.8, 4) is 11.3 Å². The highest BCUT2D eigenvalue weighted by atomic mass is 16.5. The summed E-state index contributed by atoms with van der Waals surface area (Å²) >= 11 is 0. The predicted octanol–water partition coefficient (Wildman–Crippen LogP) is 3.59. The average Bonchev–Trinajstić information content (AvgIpc) is 3.46. The Morgan fingerprint density at radius 1 is 1.07 bits per heavy atom. The fourth-order valence-corrected chi connectivity index (χ4v) is 5.64. The highest BCUT2D eigenvalue weighted by Gasteiger charge is 2.22. The van der Waals surface area contributed by atoms with Crippen LogP contribution in [0.3, 0.4) is 0 Å². The standard InChI is InChI=1S/C30H35N7O3/c1-21(38)36-10-7-23(8-11-36)22-2-4-26(5-3-22)33-29-28-24(6-9-31-30(28)39)18-27(34-29)25-19-32-37(20-25)13-12-35-14-16-40-17-15-35/h2-6,9,18-20,23H,7-8,10-17H2,1H3,(H,31,39)(H,33,34). The van der Waals surface area contributed by atoms with Crippen molar-refractivity contribution in [3.63, 3.8) is 0 Å². The van der Waals surface area contributed by atoms with Crippen molar-refractivity contribution in [2.75, 3.05) is 51.3 Å². The van der Waals surface area contributed by atoms with Gasteiger partial charge in [-0.25, -0.2) is 4.98 Å². The highest BCUT2D eigenvalue weighted by Crippen LogP contribution is 2.31. The zero-order chi connectivity index (χ0) is 27.5. The van der Waals surface area contributed by atoms with Crippen LogP contribution in [0.25, 0.3) is 22.0 Å². The van der Waals surface area contributed by atoms with E-state index in [0.717, 1.165) is 87.7 Å². The number of piperidine rings is 1. The number of hydrogen-bond donors (Lipinski definition) is 2. The van der Waals surface area contributed by atoms with E-state index in [4.69, 9.17) is 9.72 Å². The Hall–Kier alpha value is -4.02. The Morgan fingerprint density at radius 3 is 2.60 bits per heavy atom. The smallest absolute Gasteiger partial charge is 0.259 e. The van der Waals surface area contributed by atoms with Gasteiger partial charge in [0.05, 0.1) is 37.0 Å². The Morgan fingerprint density at radius 2 is 1.85 bits per heavy atom.